The van der Waals surface area contributed by atoms with Crippen LogP contribution in [0.4, 0.5) is 0 Å². The maximum atomic E-state index is 12.3. The summed E-state index contributed by atoms with van der Waals surface area (Å²) >= 11 is 0. The van der Waals surface area contributed by atoms with Gasteiger partial charge in [-0.2, -0.15) is 0 Å². The molecule has 1 amide bonds. The van der Waals surface area contributed by atoms with Crippen molar-refractivity contribution in [3.8, 4) is 0 Å². The van der Waals surface area contributed by atoms with Gasteiger partial charge in [-0.05, 0) is 55.9 Å². The van der Waals surface area contributed by atoms with Crippen molar-refractivity contribution in [3.05, 3.63) is 34.4 Å². The Bertz CT molecular complexity index is 619. The summed E-state index contributed by atoms with van der Waals surface area (Å²) in [5.74, 6) is -1.50. The number of carbonyl (C=O) groups excluding carboxylic acids is 1. The van der Waals surface area contributed by atoms with Crippen LogP contribution in [0.15, 0.2) is 12.1 Å². The molecule has 1 aliphatic heterocycles. The van der Waals surface area contributed by atoms with Crippen molar-refractivity contribution in [1.29, 1.82) is 0 Å². The van der Waals surface area contributed by atoms with Gasteiger partial charge in [-0.15, -0.1) is 0 Å². The van der Waals surface area contributed by atoms with E-state index in [9.17, 15) is 14.7 Å². The van der Waals surface area contributed by atoms with Crippen LogP contribution in [-0.4, -0.2) is 27.9 Å². The molecule has 1 N–H and O–H groups in total. The number of likely N-dealkylation sites (tertiary alicyclic amines) is 1. The van der Waals surface area contributed by atoms with Crippen molar-refractivity contribution in [2.45, 2.75) is 52.1 Å². The molecule has 0 aromatic heterocycles. The smallest absolute Gasteiger partial charge is 0.309 e. The van der Waals surface area contributed by atoms with Crippen molar-refractivity contribution >= 4 is 11.9 Å². The molecule has 1 saturated carbocycles. The Labute approximate surface area is 124 Å². The number of carbonyl (C=O) groups is 2. The first kappa shape index (κ1) is 14.1. The molecule has 1 heterocycles. The topological polar surface area (TPSA) is 57.6 Å². The van der Waals surface area contributed by atoms with E-state index in [0.29, 0.717) is 0 Å². The quantitative estimate of drug-likeness (QED) is 0.930. The highest BCUT2D eigenvalue weighted by molar-refractivity contribution is 5.88. The second-order valence-corrected chi connectivity index (χ2v) is 6.42. The lowest BCUT2D eigenvalue weighted by atomic mass is 9.88. The molecule has 2 atom stereocenters. The summed E-state index contributed by atoms with van der Waals surface area (Å²) in [5.41, 5.74) is 4.43. The summed E-state index contributed by atoms with van der Waals surface area (Å²) in [6.07, 6.45) is 2.12. The lowest BCUT2D eigenvalue weighted by Gasteiger charge is -2.29. The molecule has 1 aliphatic carbocycles. The van der Waals surface area contributed by atoms with Crippen LogP contribution in [0.2, 0.25) is 0 Å². The molecule has 1 aromatic rings. The summed E-state index contributed by atoms with van der Waals surface area (Å²) in [6, 6.07) is 4.10. The van der Waals surface area contributed by atoms with Crippen molar-refractivity contribution < 1.29 is 14.7 Å². The van der Waals surface area contributed by atoms with Gasteiger partial charge in [0, 0.05) is 12.5 Å². The van der Waals surface area contributed by atoms with E-state index < -0.39 is 11.9 Å². The van der Waals surface area contributed by atoms with Gasteiger partial charge in [-0.3, -0.25) is 9.59 Å². The summed E-state index contributed by atoms with van der Waals surface area (Å²) in [5, 5.41) is 9.52. The minimum absolute atomic E-state index is 0.00692. The summed E-state index contributed by atoms with van der Waals surface area (Å²) in [4.78, 5) is 25.7. The number of carboxylic acid groups (broad SMARTS) is 1. The average Bonchev–Trinajstić information content (AvgIpc) is 3.17. The van der Waals surface area contributed by atoms with Gasteiger partial charge in [-0.1, -0.05) is 12.1 Å². The van der Waals surface area contributed by atoms with Crippen molar-refractivity contribution in [1.82, 2.24) is 4.90 Å². The van der Waals surface area contributed by atoms with E-state index in [1.807, 2.05) is 18.7 Å². The largest absolute Gasteiger partial charge is 0.481 e. The van der Waals surface area contributed by atoms with Crippen LogP contribution >= 0.6 is 0 Å². The highest BCUT2D eigenvalue weighted by atomic mass is 16.4. The maximum absolute atomic E-state index is 12.3. The predicted molar refractivity (Wildman–Crippen MR) is 79.0 cm³/mol. The normalized spacial score (nSPS) is 25.5. The van der Waals surface area contributed by atoms with E-state index in [-0.39, 0.29) is 24.4 Å². The Morgan fingerprint density at radius 3 is 2.33 bits per heavy atom. The molecule has 1 saturated heterocycles. The van der Waals surface area contributed by atoms with Gasteiger partial charge < -0.3 is 10.0 Å². The van der Waals surface area contributed by atoms with Gasteiger partial charge in [0.25, 0.3) is 0 Å². The third kappa shape index (κ3) is 2.33. The van der Waals surface area contributed by atoms with Crippen LogP contribution in [0.3, 0.4) is 0 Å². The van der Waals surface area contributed by atoms with Crippen molar-refractivity contribution in [2.75, 3.05) is 0 Å². The molecule has 112 valence electrons. The highest BCUT2D eigenvalue weighted by Crippen LogP contribution is 2.46. The third-order valence-corrected chi connectivity index (χ3v) is 4.82. The van der Waals surface area contributed by atoms with E-state index in [4.69, 9.17) is 0 Å². The Morgan fingerprint density at radius 2 is 1.76 bits per heavy atom. The minimum Gasteiger partial charge on any atom is -0.481 e. The monoisotopic (exact) mass is 287 g/mol. The van der Waals surface area contributed by atoms with E-state index in [2.05, 4.69) is 19.1 Å². The molecule has 21 heavy (non-hydrogen) atoms. The number of aryl methyl sites for hydroxylation is 3. The van der Waals surface area contributed by atoms with Crippen LogP contribution in [0.5, 0.6) is 0 Å². The lowest BCUT2D eigenvalue weighted by molar-refractivity contribution is -0.142. The maximum Gasteiger partial charge on any atom is 0.309 e. The number of rotatable bonds is 3. The fraction of sp³-hybridized carbons (Fsp3) is 0.529. The minimum atomic E-state index is -0.867. The van der Waals surface area contributed by atoms with Gasteiger partial charge in [0.05, 0.1) is 12.0 Å². The number of nitrogens with zero attached hydrogens (tertiary/aromatic N) is 1. The number of hydrogen-bond donors (Lipinski definition) is 1. The van der Waals surface area contributed by atoms with E-state index in [1.165, 1.54) is 5.56 Å². The van der Waals surface area contributed by atoms with Gasteiger partial charge in [0.2, 0.25) is 5.91 Å². The SMILES string of the molecule is Cc1cc(C)c(C2C(C(=O)O)CC(=O)N2C2CC2)cc1C. The van der Waals surface area contributed by atoms with Gasteiger partial charge in [0.15, 0.2) is 0 Å². The number of benzene rings is 1. The first-order valence-corrected chi connectivity index (χ1v) is 7.52. The molecular weight excluding hydrogens is 266 g/mol. The number of amides is 1. The first-order chi connectivity index (χ1) is 9.90. The molecule has 3 rings (SSSR count). The summed E-state index contributed by atoms with van der Waals surface area (Å²) < 4.78 is 0. The Morgan fingerprint density at radius 1 is 1.14 bits per heavy atom. The molecular formula is C17H21NO3. The van der Waals surface area contributed by atoms with Crippen LogP contribution < -0.4 is 0 Å². The molecule has 2 fully saturated rings. The molecule has 0 radical (unpaired) electrons. The van der Waals surface area contributed by atoms with Crippen molar-refractivity contribution in [3.63, 3.8) is 0 Å². The second kappa shape index (κ2) is 4.86. The van der Waals surface area contributed by atoms with Gasteiger partial charge in [0.1, 0.15) is 0 Å². The van der Waals surface area contributed by atoms with E-state index in [1.54, 1.807) is 0 Å². The fourth-order valence-electron chi connectivity index (χ4n) is 3.43. The Kier molecular flexibility index (Phi) is 3.27. The van der Waals surface area contributed by atoms with Crippen LogP contribution in [0, 0.1) is 26.7 Å². The molecule has 1 aromatic carbocycles. The summed E-state index contributed by atoms with van der Waals surface area (Å²) in [6.45, 7) is 6.10. The molecule has 2 aliphatic rings. The Balaban J connectivity index is 2.09. The van der Waals surface area contributed by atoms with Gasteiger partial charge >= 0.3 is 5.97 Å². The fourth-order valence-corrected chi connectivity index (χ4v) is 3.43. The van der Waals surface area contributed by atoms with Crippen LogP contribution in [0.25, 0.3) is 0 Å². The standard InChI is InChI=1S/C17H21NO3/c1-9-6-11(3)13(7-10(9)2)16-14(17(20)21)8-15(19)18(16)12-4-5-12/h6-7,12,14,16H,4-5,8H2,1-3H3,(H,20,21). The number of carboxylic acids is 1. The van der Waals surface area contributed by atoms with Crippen molar-refractivity contribution in [2.24, 2.45) is 5.92 Å². The molecule has 0 bridgehead atoms. The van der Waals surface area contributed by atoms with E-state index in [0.717, 1.165) is 29.5 Å². The number of aliphatic carboxylic acids is 1. The first-order valence-electron chi connectivity index (χ1n) is 7.52. The molecule has 4 nitrogen and oxygen atoms in total. The Hall–Kier alpha value is -1.84. The zero-order valence-electron chi connectivity index (χ0n) is 12.7. The zero-order chi connectivity index (χ0) is 15.3. The third-order valence-electron chi connectivity index (χ3n) is 4.82. The molecule has 0 spiro atoms. The van der Waals surface area contributed by atoms with Crippen LogP contribution in [-0.2, 0) is 9.59 Å². The van der Waals surface area contributed by atoms with E-state index >= 15 is 0 Å². The van der Waals surface area contributed by atoms with Crippen LogP contribution in [0.1, 0.15) is 47.6 Å². The second-order valence-electron chi connectivity index (χ2n) is 6.42. The predicted octanol–water partition coefficient (Wildman–Crippen LogP) is 2.75. The number of hydrogen-bond acceptors (Lipinski definition) is 2. The molecule has 2 unspecified atom stereocenters. The highest BCUT2D eigenvalue weighted by Gasteiger charge is 2.50. The molecule has 4 heteroatoms. The average molecular weight is 287 g/mol. The zero-order valence-corrected chi connectivity index (χ0v) is 12.7. The lowest BCUT2D eigenvalue weighted by Crippen LogP contribution is -2.33. The van der Waals surface area contributed by atoms with Gasteiger partial charge in [-0.25, -0.2) is 0 Å². The summed E-state index contributed by atoms with van der Waals surface area (Å²) in [7, 11) is 0.